The number of amides is 2. The van der Waals surface area contributed by atoms with E-state index in [1.54, 1.807) is 6.07 Å². The van der Waals surface area contributed by atoms with Gasteiger partial charge in [0, 0.05) is 25.5 Å². The molecule has 1 aliphatic heterocycles. The summed E-state index contributed by atoms with van der Waals surface area (Å²) in [6, 6.07) is 9.53. The summed E-state index contributed by atoms with van der Waals surface area (Å²) < 4.78 is 56.7. The quantitative estimate of drug-likeness (QED) is 0.356. The van der Waals surface area contributed by atoms with E-state index >= 15 is 0 Å². The second-order valence-electron chi connectivity index (χ2n) is 7.41. The minimum absolute atomic E-state index is 0.0161. The van der Waals surface area contributed by atoms with Crippen LogP contribution >= 0.6 is 0 Å². The summed E-state index contributed by atoms with van der Waals surface area (Å²) in [6.07, 6.45) is -0.0602. The molecule has 0 aromatic heterocycles. The third kappa shape index (κ3) is 7.32. The van der Waals surface area contributed by atoms with Crippen LogP contribution < -0.4 is 29.8 Å². The molecule has 2 amide bonds. The number of hydrogen-bond donors (Lipinski definition) is 3. The molecule has 0 fully saturated rings. The zero-order valence-corrected chi connectivity index (χ0v) is 19.3. The number of carbonyl (C=O) groups excluding carboxylic acids is 2. The summed E-state index contributed by atoms with van der Waals surface area (Å²) in [5.41, 5.74) is 4.47. The van der Waals surface area contributed by atoms with Crippen molar-refractivity contribution in [3.05, 3.63) is 48.3 Å². The van der Waals surface area contributed by atoms with Crippen LogP contribution in [0.4, 0.5) is 4.39 Å². The van der Waals surface area contributed by atoms with Crippen molar-refractivity contribution in [3.63, 3.8) is 0 Å². The van der Waals surface area contributed by atoms with Gasteiger partial charge in [-0.1, -0.05) is 0 Å². The van der Waals surface area contributed by atoms with E-state index in [1.807, 2.05) is 0 Å². The molecule has 34 heavy (non-hydrogen) atoms. The van der Waals surface area contributed by atoms with Crippen LogP contribution in [0.15, 0.2) is 47.4 Å². The van der Waals surface area contributed by atoms with E-state index in [1.165, 1.54) is 43.3 Å². The maximum Gasteiger partial charge on any atom is 0.279 e. The van der Waals surface area contributed by atoms with Crippen LogP contribution in [0.3, 0.4) is 0 Å². The first-order chi connectivity index (χ1) is 16.2. The monoisotopic (exact) mass is 495 g/mol. The van der Waals surface area contributed by atoms with Crippen LogP contribution in [0, 0.1) is 5.82 Å². The van der Waals surface area contributed by atoms with Gasteiger partial charge in [-0.05, 0) is 49.7 Å². The first-order valence-corrected chi connectivity index (χ1v) is 12.1. The first-order valence-electron chi connectivity index (χ1n) is 10.6. The van der Waals surface area contributed by atoms with E-state index in [-0.39, 0.29) is 24.3 Å². The van der Waals surface area contributed by atoms with E-state index < -0.39 is 33.8 Å². The molecule has 2 aromatic carbocycles. The largest absolute Gasteiger partial charge is 0.490 e. The van der Waals surface area contributed by atoms with Crippen molar-refractivity contribution >= 4 is 21.8 Å². The van der Waals surface area contributed by atoms with Crippen LogP contribution in [-0.4, -0.2) is 46.1 Å². The molecule has 0 aliphatic carbocycles. The third-order valence-corrected chi connectivity index (χ3v) is 6.18. The molecule has 184 valence electrons. The number of nitrogens with one attached hydrogen (secondary N) is 3. The lowest BCUT2D eigenvalue weighted by atomic mass is 10.3. The van der Waals surface area contributed by atoms with Crippen molar-refractivity contribution in [3.8, 4) is 17.2 Å². The van der Waals surface area contributed by atoms with E-state index in [0.717, 1.165) is 0 Å². The Morgan fingerprint density at radius 3 is 2.50 bits per heavy atom. The molecular formula is C22H26FN3O7S. The number of benzene rings is 2. The standard InChI is InChI=1S/C22H26FN3O7S/c1-15(33-17-7-5-16(23)6-8-17)22(28)26-25-21(27)4-2-11-24-34(29,30)18-9-10-19-20(14-18)32-13-3-12-31-19/h5-10,14-15,24H,2-4,11-13H2,1H3,(H,25,27)(H,26,28)/t15-/m0/s1. The van der Waals surface area contributed by atoms with Gasteiger partial charge in [-0.3, -0.25) is 20.4 Å². The van der Waals surface area contributed by atoms with Gasteiger partial charge < -0.3 is 14.2 Å². The molecule has 10 nitrogen and oxygen atoms in total. The predicted octanol–water partition coefficient (Wildman–Crippen LogP) is 1.66. The molecule has 0 saturated heterocycles. The summed E-state index contributed by atoms with van der Waals surface area (Å²) in [5, 5.41) is 0. The average Bonchev–Trinajstić information content (AvgIpc) is 3.06. The van der Waals surface area contributed by atoms with Gasteiger partial charge in [0.05, 0.1) is 18.1 Å². The van der Waals surface area contributed by atoms with Crippen LogP contribution in [0.5, 0.6) is 17.2 Å². The maximum atomic E-state index is 12.9. The Morgan fingerprint density at radius 2 is 1.76 bits per heavy atom. The fourth-order valence-electron chi connectivity index (χ4n) is 2.92. The van der Waals surface area contributed by atoms with E-state index in [4.69, 9.17) is 14.2 Å². The molecule has 3 N–H and O–H groups in total. The molecule has 0 spiro atoms. The highest BCUT2D eigenvalue weighted by atomic mass is 32.2. The molecule has 2 aromatic rings. The highest BCUT2D eigenvalue weighted by Gasteiger charge is 2.19. The molecule has 0 saturated carbocycles. The number of halogens is 1. The van der Waals surface area contributed by atoms with Crippen molar-refractivity contribution < 1.29 is 36.6 Å². The fraction of sp³-hybridized carbons (Fsp3) is 0.364. The molecule has 0 bridgehead atoms. The smallest absolute Gasteiger partial charge is 0.279 e. The fourth-order valence-corrected chi connectivity index (χ4v) is 4.00. The van der Waals surface area contributed by atoms with Gasteiger partial charge in [0.2, 0.25) is 15.9 Å². The third-order valence-electron chi connectivity index (χ3n) is 4.72. The van der Waals surface area contributed by atoms with Crippen LogP contribution in [0.1, 0.15) is 26.2 Å². The first kappa shape index (κ1) is 25.2. The Balaban J connectivity index is 1.38. The number of carbonyl (C=O) groups is 2. The summed E-state index contributed by atoms with van der Waals surface area (Å²) in [7, 11) is -3.80. The molecule has 1 aliphatic rings. The lowest BCUT2D eigenvalue weighted by Crippen LogP contribution is -2.47. The van der Waals surface area contributed by atoms with Gasteiger partial charge in [0.1, 0.15) is 11.6 Å². The maximum absolute atomic E-state index is 12.9. The highest BCUT2D eigenvalue weighted by molar-refractivity contribution is 7.89. The zero-order chi connectivity index (χ0) is 24.6. The van der Waals surface area contributed by atoms with Crippen LogP contribution in [0.2, 0.25) is 0 Å². The minimum Gasteiger partial charge on any atom is -0.490 e. The molecule has 1 atom stereocenters. The Morgan fingerprint density at radius 1 is 1.06 bits per heavy atom. The second kappa shape index (κ2) is 11.7. The van der Waals surface area contributed by atoms with Crippen molar-refractivity contribution in [2.45, 2.75) is 37.2 Å². The van der Waals surface area contributed by atoms with Gasteiger partial charge in [-0.15, -0.1) is 0 Å². The Hall–Kier alpha value is -3.38. The molecule has 0 radical (unpaired) electrons. The Bertz CT molecular complexity index is 1110. The van der Waals surface area contributed by atoms with Crippen LogP contribution in [0.25, 0.3) is 0 Å². The lowest BCUT2D eigenvalue weighted by molar-refractivity contribution is -0.132. The Kier molecular flexibility index (Phi) is 8.66. The van der Waals surface area contributed by atoms with E-state index in [0.29, 0.717) is 36.9 Å². The number of sulfonamides is 1. The normalized spacial score (nSPS) is 13.9. The molecular weight excluding hydrogens is 469 g/mol. The minimum atomic E-state index is -3.80. The van der Waals surface area contributed by atoms with Gasteiger partial charge in [-0.2, -0.15) is 0 Å². The number of rotatable bonds is 9. The van der Waals surface area contributed by atoms with Crippen molar-refractivity contribution in [1.82, 2.24) is 15.6 Å². The topological polar surface area (TPSA) is 132 Å². The average molecular weight is 496 g/mol. The number of hydrogen-bond acceptors (Lipinski definition) is 7. The number of fused-ring (bicyclic) bond motifs is 1. The van der Waals surface area contributed by atoms with E-state index in [9.17, 15) is 22.4 Å². The summed E-state index contributed by atoms with van der Waals surface area (Å²) in [4.78, 5) is 24.0. The summed E-state index contributed by atoms with van der Waals surface area (Å²) in [5.74, 6) is -0.373. The van der Waals surface area contributed by atoms with Crippen molar-refractivity contribution in [1.29, 1.82) is 0 Å². The van der Waals surface area contributed by atoms with Crippen LogP contribution in [-0.2, 0) is 19.6 Å². The number of hydrazine groups is 1. The lowest BCUT2D eigenvalue weighted by Gasteiger charge is -2.15. The van der Waals surface area contributed by atoms with Crippen molar-refractivity contribution in [2.24, 2.45) is 0 Å². The SMILES string of the molecule is C[C@H](Oc1ccc(F)cc1)C(=O)NNC(=O)CCCNS(=O)(=O)c1ccc2c(c1)OCCCO2. The summed E-state index contributed by atoms with van der Waals surface area (Å²) in [6.45, 7) is 2.42. The summed E-state index contributed by atoms with van der Waals surface area (Å²) >= 11 is 0. The molecule has 1 heterocycles. The predicted molar refractivity (Wildman–Crippen MR) is 119 cm³/mol. The zero-order valence-electron chi connectivity index (χ0n) is 18.5. The second-order valence-corrected chi connectivity index (χ2v) is 9.18. The molecule has 0 unspecified atom stereocenters. The number of ether oxygens (including phenoxy) is 3. The molecule has 3 rings (SSSR count). The Labute approximate surface area is 196 Å². The van der Waals surface area contributed by atoms with Gasteiger partial charge in [-0.25, -0.2) is 17.5 Å². The van der Waals surface area contributed by atoms with Gasteiger partial charge in [0.25, 0.3) is 5.91 Å². The van der Waals surface area contributed by atoms with E-state index in [2.05, 4.69) is 15.6 Å². The van der Waals surface area contributed by atoms with Gasteiger partial charge >= 0.3 is 0 Å². The highest BCUT2D eigenvalue weighted by Crippen LogP contribution is 2.31. The van der Waals surface area contributed by atoms with Crippen molar-refractivity contribution in [2.75, 3.05) is 19.8 Å². The molecule has 12 heteroatoms. The van der Waals surface area contributed by atoms with Gasteiger partial charge in [0.15, 0.2) is 17.6 Å².